The first-order valence-electron chi connectivity index (χ1n) is 7.10. The van der Waals surface area contributed by atoms with Crippen LogP contribution >= 0.6 is 0 Å². The third-order valence-electron chi connectivity index (χ3n) is 3.83. The van der Waals surface area contributed by atoms with Gasteiger partial charge in [-0.2, -0.15) is 0 Å². The van der Waals surface area contributed by atoms with Crippen LogP contribution in [-0.4, -0.2) is 44.2 Å². The average Bonchev–Trinajstić information content (AvgIpc) is 2.47. The number of nitrogens with two attached hydrogens (primary N) is 1. The molecule has 1 amide bonds. The summed E-state index contributed by atoms with van der Waals surface area (Å²) in [4.78, 5) is 12.3. The predicted octanol–water partition coefficient (Wildman–Crippen LogP) is 1.49. The molecule has 1 aliphatic heterocycles. The Labute approximate surface area is 129 Å². The molecule has 1 aromatic rings. The minimum Gasteiger partial charge on any atom is -0.494 e. The van der Waals surface area contributed by atoms with Crippen molar-refractivity contribution in [3.8, 4) is 5.75 Å². The van der Waals surface area contributed by atoms with Gasteiger partial charge in [0.15, 0.2) is 0 Å². The van der Waals surface area contributed by atoms with Crippen molar-refractivity contribution in [3.63, 3.8) is 0 Å². The molecule has 1 aliphatic rings. The van der Waals surface area contributed by atoms with Gasteiger partial charge in [0.25, 0.3) is 0 Å². The van der Waals surface area contributed by atoms with E-state index in [-0.39, 0.29) is 4.90 Å². The summed E-state index contributed by atoms with van der Waals surface area (Å²) in [6.07, 6.45) is 1.69. The second-order valence-corrected chi connectivity index (χ2v) is 6.93. The minimum absolute atomic E-state index is 0.0564. The summed E-state index contributed by atoms with van der Waals surface area (Å²) in [6, 6.07) is 5.98. The molecule has 0 atom stereocenters. The summed E-state index contributed by atoms with van der Waals surface area (Å²) in [5.41, 5.74) is 0. The highest BCUT2D eigenvalue weighted by Crippen LogP contribution is 2.21. The molecule has 0 spiro atoms. The van der Waals surface area contributed by atoms with Crippen molar-refractivity contribution in [2.75, 3.05) is 19.7 Å². The molecule has 0 radical (unpaired) electrons. The monoisotopic (exact) mass is 328 g/mol. The van der Waals surface area contributed by atoms with E-state index in [1.807, 2.05) is 0 Å². The lowest BCUT2D eigenvalue weighted by atomic mass is 9.94. The van der Waals surface area contributed by atoms with Crippen LogP contribution in [0.25, 0.3) is 0 Å². The molecule has 0 unspecified atom stereocenters. The summed E-state index contributed by atoms with van der Waals surface area (Å²) >= 11 is 0. The molecule has 0 aromatic heterocycles. The van der Waals surface area contributed by atoms with Crippen LogP contribution in [0.3, 0.4) is 0 Å². The Bertz CT molecular complexity index is 607. The van der Waals surface area contributed by atoms with Crippen LogP contribution in [0.1, 0.15) is 19.3 Å². The number of rotatable bonds is 5. The molecule has 0 saturated carbocycles. The maximum Gasteiger partial charge on any atom is 0.407 e. The maximum atomic E-state index is 11.1. The molecule has 1 aromatic carbocycles. The average molecular weight is 328 g/mol. The van der Waals surface area contributed by atoms with Gasteiger partial charge < -0.3 is 14.7 Å². The largest absolute Gasteiger partial charge is 0.494 e. The first-order valence-corrected chi connectivity index (χ1v) is 8.64. The van der Waals surface area contributed by atoms with Crippen molar-refractivity contribution >= 4 is 16.1 Å². The second-order valence-electron chi connectivity index (χ2n) is 5.37. The summed E-state index contributed by atoms with van der Waals surface area (Å²) in [6.45, 7) is 1.67. The topological polar surface area (TPSA) is 110 Å². The standard InChI is InChI=1S/C14H20N2O5S/c15-22(19,20)13-3-1-12(2-4-13)21-10-7-11-5-8-16(9-6-11)14(17)18/h1-4,11H,5-10H2,(H,17,18)(H2,15,19,20). The lowest BCUT2D eigenvalue weighted by molar-refractivity contribution is 0.119. The molecule has 3 N–H and O–H groups in total. The predicted molar refractivity (Wildman–Crippen MR) is 80.2 cm³/mol. The van der Waals surface area contributed by atoms with E-state index in [0.717, 1.165) is 19.3 Å². The highest BCUT2D eigenvalue weighted by Gasteiger charge is 2.21. The Balaban J connectivity index is 1.74. The molecule has 0 bridgehead atoms. The van der Waals surface area contributed by atoms with Gasteiger partial charge in [-0.15, -0.1) is 0 Å². The van der Waals surface area contributed by atoms with Gasteiger partial charge in [0, 0.05) is 13.1 Å². The van der Waals surface area contributed by atoms with Gasteiger partial charge in [0.05, 0.1) is 11.5 Å². The van der Waals surface area contributed by atoms with Crippen molar-refractivity contribution in [3.05, 3.63) is 24.3 Å². The van der Waals surface area contributed by atoms with E-state index >= 15 is 0 Å². The zero-order valence-electron chi connectivity index (χ0n) is 12.1. The molecular formula is C14H20N2O5S. The fraction of sp³-hybridized carbons (Fsp3) is 0.500. The Kier molecular flexibility index (Phi) is 5.25. The molecular weight excluding hydrogens is 308 g/mol. The first-order chi connectivity index (χ1) is 10.4. The lowest BCUT2D eigenvalue weighted by Crippen LogP contribution is -2.37. The molecule has 22 heavy (non-hydrogen) atoms. The van der Waals surface area contributed by atoms with Crippen LogP contribution in [0.4, 0.5) is 4.79 Å². The fourth-order valence-electron chi connectivity index (χ4n) is 2.48. The fourth-order valence-corrected chi connectivity index (χ4v) is 3.00. The van der Waals surface area contributed by atoms with Crippen molar-refractivity contribution in [1.82, 2.24) is 4.90 Å². The maximum absolute atomic E-state index is 11.1. The van der Waals surface area contributed by atoms with E-state index in [0.29, 0.717) is 31.4 Å². The second kappa shape index (κ2) is 6.97. The van der Waals surface area contributed by atoms with Gasteiger partial charge in [0.1, 0.15) is 5.75 Å². The van der Waals surface area contributed by atoms with Gasteiger partial charge in [-0.1, -0.05) is 0 Å². The molecule has 0 aliphatic carbocycles. The van der Waals surface area contributed by atoms with E-state index in [2.05, 4.69) is 0 Å². The van der Waals surface area contributed by atoms with Crippen molar-refractivity contribution in [2.24, 2.45) is 11.1 Å². The minimum atomic E-state index is -3.68. The summed E-state index contributed by atoms with van der Waals surface area (Å²) in [7, 11) is -3.68. The van der Waals surface area contributed by atoms with Crippen molar-refractivity contribution in [1.29, 1.82) is 0 Å². The van der Waals surface area contributed by atoms with Gasteiger partial charge in [-0.3, -0.25) is 0 Å². The summed E-state index contributed by atoms with van der Waals surface area (Å²) in [5.74, 6) is 1.05. The summed E-state index contributed by atoms with van der Waals surface area (Å²) in [5, 5.41) is 13.9. The number of likely N-dealkylation sites (tertiary alicyclic amines) is 1. The van der Waals surface area contributed by atoms with Gasteiger partial charge in [-0.05, 0) is 49.4 Å². The van der Waals surface area contributed by atoms with Crippen LogP contribution in [0, 0.1) is 5.92 Å². The zero-order valence-corrected chi connectivity index (χ0v) is 13.0. The van der Waals surface area contributed by atoms with Crippen LogP contribution in [-0.2, 0) is 10.0 Å². The van der Waals surface area contributed by atoms with Crippen molar-refractivity contribution < 1.29 is 23.1 Å². The SMILES string of the molecule is NS(=O)(=O)c1ccc(OCCC2CCN(C(=O)O)CC2)cc1. The number of carbonyl (C=O) groups is 1. The Hall–Kier alpha value is -1.80. The van der Waals surface area contributed by atoms with E-state index in [1.165, 1.54) is 17.0 Å². The molecule has 7 nitrogen and oxygen atoms in total. The number of benzene rings is 1. The van der Waals surface area contributed by atoms with E-state index in [4.69, 9.17) is 15.0 Å². The molecule has 8 heteroatoms. The normalized spacial score (nSPS) is 16.5. The number of ether oxygens (including phenoxy) is 1. The lowest BCUT2D eigenvalue weighted by Gasteiger charge is -2.29. The Morgan fingerprint density at radius 3 is 2.36 bits per heavy atom. The third-order valence-corrected chi connectivity index (χ3v) is 4.76. The van der Waals surface area contributed by atoms with Crippen LogP contribution in [0.2, 0.25) is 0 Å². The Morgan fingerprint density at radius 1 is 1.27 bits per heavy atom. The summed E-state index contributed by atoms with van der Waals surface area (Å²) < 4.78 is 27.8. The van der Waals surface area contributed by atoms with Crippen molar-refractivity contribution in [2.45, 2.75) is 24.2 Å². The quantitative estimate of drug-likeness (QED) is 0.851. The number of nitrogens with zero attached hydrogens (tertiary/aromatic N) is 1. The highest BCUT2D eigenvalue weighted by atomic mass is 32.2. The van der Waals surface area contributed by atoms with E-state index in [9.17, 15) is 13.2 Å². The van der Waals surface area contributed by atoms with E-state index in [1.54, 1.807) is 12.1 Å². The number of primary sulfonamides is 1. The number of hydrogen-bond acceptors (Lipinski definition) is 4. The first kappa shape index (κ1) is 16.6. The highest BCUT2D eigenvalue weighted by molar-refractivity contribution is 7.89. The Morgan fingerprint density at radius 2 is 1.86 bits per heavy atom. The van der Waals surface area contributed by atoms with E-state index < -0.39 is 16.1 Å². The third kappa shape index (κ3) is 4.60. The molecule has 2 rings (SSSR count). The van der Waals surface area contributed by atoms with Crippen LogP contribution in [0.5, 0.6) is 5.75 Å². The molecule has 122 valence electrons. The number of carboxylic acid groups (broad SMARTS) is 1. The van der Waals surface area contributed by atoms with Crippen LogP contribution < -0.4 is 9.88 Å². The number of hydrogen-bond donors (Lipinski definition) is 2. The molecule has 1 saturated heterocycles. The van der Waals surface area contributed by atoms with Gasteiger partial charge in [0.2, 0.25) is 10.0 Å². The van der Waals surface area contributed by atoms with Gasteiger partial charge in [-0.25, -0.2) is 18.4 Å². The molecule has 1 fully saturated rings. The number of amides is 1. The number of sulfonamides is 1. The smallest absolute Gasteiger partial charge is 0.407 e. The molecule has 1 heterocycles. The number of piperidine rings is 1. The van der Waals surface area contributed by atoms with Crippen LogP contribution in [0.15, 0.2) is 29.2 Å². The zero-order chi connectivity index (χ0) is 16.2. The van der Waals surface area contributed by atoms with Gasteiger partial charge >= 0.3 is 6.09 Å².